The molecule has 0 bridgehead atoms. The number of carbonyl (C=O) groups is 2. The molecule has 140 valence electrons. The molecule has 2 aromatic rings. The molecular formula is C22H23NO4. The van der Waals surface area contributed by atoms with Gasteiger partial charge >= 0.3 is 5.97 Å². The van der Waals surface area contributed by atoms with Gasteiger partial charge in [-0.15, -0.1) is 0 Å². The molecule has 0 aliphatic carbocycles. The van der Waals surface area contributed by atoms with Crippen LogP contribution in [0.3, 0.4) is 0 Å². The summed E-state index contributed by atoms with van der Waals surface area (Å²) < 4.78 is 5.91. The third kappa shape index (κ3) is 4.44. The lowest BCUT2D eigenvalue weighted by molar-refractivity contribution is -0.209. The maximum Gasteiger partial charge on any atom is 0.332 e. The van der Waals surface area contributed by atoms with E-state index in [9.17, 15) is 9.59 Å². The predicted molar refractivity (Wildman–Crippen MR) is 101 cm³/mol. The van der Waals surface area contributed by atoms with E-state index in [-0.39, 0.29) is 18.4 Å². The fourth-order valence-corrected chi connectivity index (χ4v) is 3.04. The summed E-state index contributed by atoms with van der Waals surface area (Å²) in [6.07, 6.45) is 2.48. The van der Waals surface area contributed by atoms with Gasteiger partial charge in [-0.3, -0.25) is 9.63 Å². The minimum Gasteiger partial charge on any atom is -0.451 e. The van der Waals surface area contributed by atoms with Crippen molar-refractivity contribution >= 4 is 11.9 Å². The first-order chi connectivity index (χ1) is 13.1. The van der Waals surface area contributed by atoms with Crippen molar-refractivity contribution in [3.8, 4) is 0 Å². The molecule has 1 atom stereocenters. The molecule has 0 saturated carbocycles. The first-order valence-corrected chi connectivity index (χ1v) is 9.01. The molecule has 0 radical (unpaired) electrons. The van der Waals surface area contributed by atoms with E-state index < -0.39 is 18.1 Å². The first kappa shape index (κ1) is 18.9. The van der Waals surface area contributed by atoms with Gasteiger partial charge in [0.15, 0.2) is 12.1 Å². The number of benzene rings is 2. The van der Waals surface area contributed by atoms with Crippen LogP contribution in [0.25, 0.3) is 0 Å². The van der Waals surface area contributed by atoms with Gasteiger partial charge in [0.2, 0.25) is 0 Å². The SMILES string of the molecule is CC(C)[C@H](C(=O)OC(c1ccccc1)c1ccccc1)N1OCC=CC1=O. The third-order valence-corrected chi connectivity index (χ3v) is 4.35. The number of hydrogen-bond acceptors (Lipinski definition) is 4. The quantitative estimate of drug-likeness (QED) is 0.733. The Kier molecular flexibility index (Phi) is 6.04. The van der Waals surface area contributed by atoms with Crippen molar-refractivity contribution in [3.63, 3.8) is 0 Å². The molecule has 0 fully saturated rings. The van der Waals surface area contributed by atoms with E-state index in [0.717, 1.165) is 16.2 Å². The van der Waals surface area contributed by atoms with Crippen molar-refractivity contribution in [2.75, 3.05) is 6.61 Å². The van der Waals surface area contributed by atoms with Crippen molar-refractivity contribution < 1.29 is 19.2 Å². The number of ether oxygens (including phenoxy) is 1. The zero-order chi connectivity index (χ0) is 19.2. The summed E-state index contributed by atoms with van der Waals surface area (Å²) in [6.45, 7) is 3.98. The van der Waals surface area contributed by atoms with Crippen LogP contribution >= 0.6 is 0 Å². The molecule has 0 aromatic heterocycles. The van der Waals surface area contributed by atoms with Gasteiger partial charge in [0.1, 0.15) is 0 Å². The summed E-state index contributed by atoms with van der Waals surface area (Å²) in [4.78, 5) is 30.7. The van der Waals surface area contributed by atoms with E-state index in [2.05, 4.69) is 0 Å². The van der Waals surface area contributed by atoms with E-state index in [1.54, 1.807) is 6.08 Å². The molecule has 5 heteroatoms. The van der Waals surface area contributed by atoms with E-state index >= 15 is 0 Å². The molecule has 1 heterocycles. The van der Waals surface area contributed by atoms with Crippen LogP contribution in [0.15, 0.2) is 72.8 Å². The summed E-state index contributed by atoms with van der Waals surface area (Å²) in [5, 5.41) is 1.13. The molecule has 1 aliphatic rings. The molecule has 2 aromatic carbocycles. The van der Waals surface area contributed by atoms with Crippen LogP contribution < -0.4 is 0 Å². The molecular weight excluding hydrogens is 342 g/mol. The average molecular weight is 365 g/mol. The molecule has 5 nitrogen and oxygen atoms in total. The molecule has 0 unspecified atom stereocenters. The molecule has 3 rings (SSSR count). The molecule has 1 aliphatic heterocycles. The maximum absolute atomic E-state index is 13.1. The number of esters is 1. The number of amides is 1. The van der Waals surface area contributed by atoms with E-state index in [4.69, 9.17) is 9.57 Å². The topological polar surface area (TPSA) is 55.8 Å². The van der Waals surface area contributed by atoms with Crippen LogP contribution in [0.5, 0.6) is 0 Å². The van der Waals surface area contributed by atoms with Crippen LogP contribution in [-0.2, 0) is 19.2 Å². The van der Waals surface area contributed by atoms with Gasteiger partial charge in [-0.2, -0.15) is 0 Å². The van der Waals surface area contributed by atoms with E-state index in [1.807, 2.05) is 74.5 Å². The Morgan fingerprint density at radius 3 is 2.04 bits per heavy atom. The second-order valence-electron chi connectivity index (χ2n) is 6.69. The molecule has 1 amide bonds. The maximum atomic E-state index is 13.1. The summed E-state index contributed by atoms with van der Waals surface area (Å²) in [5.74, 6) is -1.01. The monoisotopic (exact) mass is 365 g/mol. The Hall–Kier alpha value is -2.92. The second kappa shape index (κ2) is 8.64. The van der Waals surface area contributed by atoms with Crippen LogP contribution in [0.2, 0.25) is 0 Å². The van der Waals surface area contributed by atoms with Gasteiger partial charge < -0.3 is 4.74 Å². The average Bonchev–Trinajstić information content (AvgIpc) is 2.69. The zero-order valence-electron chi connectivity index (χ0n) is 15.4. The van der Waals surface area contributed by atoms with Crippen LogP contribution in [0.1, 0.15) is 31.1 Å². The van der Waals surface area contributed by atoms with Crippen molar-refractivity contribution in [1.82, 2.24) is 5.06 Å². The largest absolute Gasteiger partial charge is 0.451 e. The highest BCUT2D eigenvalue weighted by molar-refractivity contribution is 5.91. The molecule has 0 saturated heterocycles. The van der Waals surface area contributed by atoms with Gasteiger partial charge in [0, 0.05) is 6.08 Å². The van der Waals surface area contributed by atoms with Gasteiger partial charge in [-0.05, 0) is 17.0 Å². The normalized spacial score (nSPS) is 15.3. The fourth-order valence-electron chi connectivity index (χ4n) is 3.04. The smallest absolute Gasteiger partial charge is 0.332 e. The summed E-state index contributed by atoms with van der Waals surface area (Å²) in [7, 11) is 0. The van der Waals surface area contributed by atoms with Gasteiger partial charge in [0.25, 0.3) is 5.91 Å². The lowest BCUT2D eigenvalue weighted by Gasteiger charge is -2.33. The van der Waals surface area contributed by atoms with Crippen LogP contribution in [0.4, 0.5) is 0 Å². The van der Waals surface area contributed by atoms with Crippen molar-refractivity contribution in [2.24, 2.45) is 5.92 Å². The number of rotatable bonds is 6. The predicted octanol–water partition coefficient (Wildman–Crippen LogP) is 3.67. The highest BCUT2D eigenvalue weighted by atomic mass is 16.7. The van der Waals surface area contributed by atoms with Gasteiger partial charge in [-0.25, -0.2) is 9.86 Å². The lowest BCUT2D eigenvalue weighted by Crippen LogP contribution is -2.49. The second-order valence-corrected chi connectivity index (χ2v) is 6.69. The van der Waals surface area contributed by atoms with Crippen LogP contribution in [0, 0.1) is 5.92 Å². The van der Waals surface area contributed by atoms with Gasteiger partial charge in [-0.1, -0.05) is 80.6 Å². The number of carbonyl (C=O) groups excluding carboxylic acids is 2. The van der Waals surface area contributed by atoms with Gasteiger partial charge in [0.05, 0.1) is 6.61 Å². The summed E-state index contributed by atoms with van der Waals surface area (Å²) >= 11 is 0. The highest BCUT2D eigenvalue weighted by Crippen LogP contribution is 2.28. The first-order valence-electron chi connectivity index (χ1n) is 9.01. The Labute approximate surface area is 159 Å². The number of nitrogens with zero attached hydrogens (tertiary/aromatic N) is 1. The lowest BCUT2D eigenvalue weighted by atomic mass is 10.00. The van der Waals surface area contributed by atoms with Crippen molar-refractivity contribution in [3.05, 3.63) is 83.9 Å². The van der Waals surface area contributed by atoms with Crippen molar-refractivity contribution in [1.29, 1.82) is 0 Å². The molecule has 0 spiro atoms. The van der Waals surface area contributed by atoms with Crippen molar-refractivity contribution in [2.45, 2.75) is 26.0 Å². The standard InChI is InChI=1S/C22H23NO4/c1-16(2)20(23-19(24)14-9-15-26-23)22(25)27-21(17-10-5-3-6-11-17)18-12-7-4-8-13-18/h3-14,16,20-21H,15H2,1-2H3/t20-/m1/s1. The third-order valence-electron chi connectivity index (χ3n) is 4.35. The van der Waals surface area contributed by atoms with E-state index in [0.29, 0.717) is 0 Å². The molecule has 27 heavy (non-hydrogen) atoms. The Balaban J connectivity index is 1.89. The molecule has 0 N–H and O–H groups in total. The minimum atomic E-state index is -0.822. The Morgan fingerprint density at radius 1 is 1.00 bits per heavy atom. The summed E-state index contributed by atoms with van der Waals surface area (Å²) in [6, 6.07) is 18.3. The Morgan fingerprint density at radius 2 is 1.56 bits per heavy atom. The zero-order valence-corrected chi connectivity index (χ0v) is 15.4. The number of hydroxylamine groups is 2. The Bertz CT molecular complexity index is 762. The minimum absolute atomic E-state index is 0.167. The fraction of sp³-hybridized carbons (Fsp3) is 0.273. The van der Waals surface area contributed by atoms with E-state index in [1.165, 1.54) is 6.08 Å². The number of hydrogen-bond donors (Lipinski definition) is 0. The summed E-state index contributed by atoms with van der Waals surface area (Å²) in [5.41, 5.74) is 1.73. The highest BCUT2D eigenvalue weighted by Gasteiger charge is 2.36. The van der Waals surface area contributed by atoms with Crippen LogP contribution in [-0.4, -0.2) is 29.6 Å².